The molecule has 1 saturated heterocycles. The summed E-state index contributed by atoms with van der Waals surface area (Å²) in [6.07, 6.45) is 4.25. The lowest BCUT2D eigenvalue weighted by Gasteiger charge is -2.34. The van der Waals surface area contributed by atoms with Gasteiger partial charge in [0.05, 0.1) is 6.61 Å². The van der Waals surface area contributed by atoms with Crippen molar-refractivity contribution < 1.29 is 9.53 Å². The van der Waals surface area contributed by atoms with Crippen LogP contribution < -0.4 is 0 Å². The van der Waals surface area contributed by atoms with E-state index in [1.807, 2.05) is 6.92 Å². The minimum Gasteiger partial charge on any atom is -0.381 e. The Morgan fingerprint density at radius 3 is 2.65 bits per heavy atom. The number of nitrogens with zero attached hydrogens (tertiary/aromatic N) is 1. The Kier molecular flexibility index (Phi) is 6.56. The molecule has 3 heteroatoms. The second-order valence-electron chi connectivity index (χ2n) is 4.97. The van der Waals surface area contributed by atoms with Crippen molar-refractivity contribution >= 4 is 5.91 Å². The average Bonchev–Trinajstić information content (AvgIpc) is 2.38. The number of hydrogen-bond acceptors (Lipinski definition) is 2. The molecule has 3 nitrogen and oxygen atoms in total. The lowest BCUT2D eigenvalue weighted by molar-refractivity contribution is -0.138. The van der Waals surface area contributed by atoms with Gasteiger partial charge in [-0.05, 0) is 38.5 Å². The van der Waals surface area contributed by atoms with E-state index in [1.54, 1.807) is 0 Å². The molecule has 0 spiro atoms. The van der Waals surface area contributed by atoms with Crippen LogP contribution in [0.3, 0.4) is 0 Å². The smallest absolute Gasteiger partial charge is 0.225 e. The van der Waals surface area contributed by atoms with Crippen molar-refractivity contribution in [3.05, 3.63) is 0 Å². The number of amides is 1. The molecular weight excluding hydrogens is 214 g/mol. The lowest BCUT2D eigenvalue weighted by atomic mass is 9.95. The fourth-order valence-electron chi connectivity index (χ4n) is 2.58. The van der Waals surface area contributed by atoms with E-state index in [-0.39, 0.29) is 5.92 Å². The van der Waals surface area contributed by atoms with Crippen molar-refractivity contribution in [3.63, 3.8) is 0 Å². The van der Waals surface area contributed by atoms with Crippen LogP contribution in [-0.4, -0.2) is 37.1 Å². The zero-order chi connectivity index (χ0) is 12.7. The highest BCUT2D eigenvalue weighted by Gasteiger charge is 2.27. The van der Waals surface area contributed by atoms with E-state index < -0.39 is 0 Å². The normalized spacial score (nSPS) is 20.9. The van der Waals surface area contributed by atoms with Gasteiger partial charge in [0.15, 0.2) is 0 Å². The zero-order valence-corrected chi connectivity index (χ0v) is 11.6. The fraction of sp³-hybridized carbons (Fsp3) is 0.929. The van der Waals surface area contributed by atoms with Crippen molar-refractivity contribution in [2.45, 2.75) is 46.5 Å². The van der Waals surface area contributed by atoms with Crippen molar-refractivity contribution in [2.75, 3.05) is 26.3 Å². The number of hydrogen-bond donors (Lipinski definition) is 0. The summed E-state index contributed by atoms with van der Waals surface area (Å²) in [5.41, 5.74) is 0. The van der Waals surface area contributed by atoms with Crippen LogP contribution >= 0.6 is 0 Å². The third-order valence-corrected chi connectivity index (χ3v) is 3.72. The van der Waals surface area contributed by atoms with Gasteiger partial charge in [0.2, 0.25) is 5.91 Å². The number of carbonyl (C=O) groups is 1. The predicted molar refractivity (Wildman–Crippen MR) is 69.9 cm³/mol. The molecule has 1 amide bonds. The monoisotopic (exact) mass is 241 g/mol. The van der Waals surface area contributed by atoms with E-state index in [4.69, 9.17) is 4.74 Å². The Labute approximate surface area is 106 Å². The molecule has 0 aliphatic carbocycles. The fourth-order valence-corrected chi connectivity index (χ4v) is 2.58. The molecule has 0 N–H and O–H groups in total. The van der Waals surface area contributed by atoms with Gasteiger partial charge in [-0.2, -0.15) is 0 Å². The van der Waals surface area contributed by atoms with Gasteiger partial charge in [-0.15, -0.1) is 0 Å². The molecule has 0 bridgehead atoms. The summed E-state index contributed by atoms with van der Waals surface area (Å²) in [5, 5.41) is 0. The van der Waals surface area contributed by atoms with Crippen molar-refractivity contribution in [1.29, 1.82) is 0 Å². The average molecular weight is 241 g/mol. The molecule has 1 aliphatic rings. The van der Waals surface area contributed by atoms with Gasteiger partial charge in [-0.3, -0.25) is 4.79 Å². The molecule has 1 rings (SSSR count). The van der Waals surface area contributed by atoms with Crippen LogP contribution in [-0.2, 0) is 9.53 Å². The Hall–Kier alpha value is -0.570. The summed E-state index contributed by atoms with van der Waals surface area (Å²) < 4.78 is 5.48. The minimum atomic E-state index is 0.223. The molecule has 1 atom stereocenters. The Bertz CT molecular complexity index is 226. The van der Waals surface area contributed by atoms with Gasteiger partial charge >= 0.3 is 0 Å². The van der Waals surface area contributed by atoms with E-state index in [0.29, 0.717) is 11.8 Å². The highest BCUT2D eigenvalue weighted by atomic mass is 16.5. The summed E-state index contributed by atoms with van der Waals surface area (Å²) in [6, 6.07) is 0. The number of ether oxygens (including phenoxy) is 1. The SMILES string of the molecule is CCOCC1CCCN(C(=O)C(CC)CC)C1. The Morgan fingerprint density at radius 2 is 2.06 bits per heavy atom. The third-order valence-electron chi connectivity index (χ3n) is 3.72. The summed E-state index contributed by atoms with van der Waals surface area (Å²) in [6.45, 7) is 9.66. The van der Waals surface area contributed by atoms with Crippen LogP contribution in [0.15, 0.2) is 0 Å². The molecule has 0 aromatic rings. The number of likely N-dealkylation sites (tertiary alicyclic amines) is 1. The van der Waals surface area contributed by atoms with E-state index >= 15 is 0 Å². The maximum atomic E-state index is 12.3. The molecule has 0 aromatic heterocycles. The van der Waals surface area contributed by atoms with Crippen LogP contribution in [0.4, 0.5) is 0 Å². The van der Waals surface area contributed by atoms with Crippen LogP contribution in [0.2, 0.25) is 0 Å². The summed E-state index contributed by atoms with van der Waals surface area (Å²) in [4.78, 5) is 14.3. The predicted octanol–water partition coefficient (Wildman–Crippen LogP) is 2.70. The zero-order valence-electron chi connectivity index (χ0n) is 11.6. The minimum absolute atomic E-state index is 0.223. The quantitative estimate of drug-likeness (QED) is 0.715. The topological polar surface area (TPSA) is 29.5 Å². The maximum Gasteiger partial charge on any atom is 0.225 e. The van der Waals surface area contributed by atoms with Gasteiger partial charge in [-0.1, -0.05) is 13.8 Å². The van der Waals surface area contributed by atoms with Crippen molar-refractivity contribution in [3.8, 4) is 0 Å². The van der Waals surface area contributed by atoms with Crippen LogP contribution in [0, 0.1) is 11.8 Å². The molecule has 0 radical (unpaired) electrons. The number of rotatable bonds is 6. The largest absolute Gasteiger partial charge is 0.381 e. The number of carbonyl (C=O) groups excluding carboxylic acids is 1. The van der Waals surface area contributed by atoms with Crippen molar-refractivity contribution in [1.82, 2.24) is 4.90 Å². The molecule has 0 aromatic carbocycles. The maximum absolute atomic E-state index is 12.3. The molecule has 17 heavy (non-hydrogen) atoms. The first kappa shape index (κ1) is 14.5. The third kappa shape index (κ3) is 4.30. The Morgan fingerprint density at radius 1 is 1.35 bits per heavy atom. The summed E-state index contributed by atoms with van der Waals surface area (Å²) >= 11 is 0. The second-order valence-corrected chi connectivity index (χ2v) is 4.97. The standard InChI is InChI=1S/C14H27NO2/c1-4-13(5-2)14(16)15-9-7-8-12(10-15)11-17-6-3/h12-13H,4-11H2,1-3H3. The highest BCUT2D eigenvalue weighted by Crippen LogP contribution is 2.20. The van der Waals surface area contributed by atoms with E-state index in [9.17, 15) is 4.79 Å². The second kappa shape index (κ2) is 7.70. The van der Waals surface area contributed by atoms with Crippen LogP contribution in [0.25, 0.3) is 0 Å². The van der Waals surface area contributed by atoms with Gasteiger partial charge < -0.3 is 9.64 Å². The van der Waals surface area contributed by atoms with Gasteiger partial charge in [0, 0.05) is 25.6 Å². The lowest BCUT2D eigenvalue weighted by Crippen LogP contribution is -2.43. The number of piperidine rings is 1. The van der Waals surface area contributed by atoms with Gasteiger partial charge in [-0.25, -0.2) is 0 Å². The van der Waals surface area contributed by atoms with Gasteiger partial charge in [0.25, 0.3) is 0 Å². The van der Waals surface area contributed by atoms with E-state index in [0.717, 1.165) is 45.6 Å². The van der Waals surface area contributed by atoms with Crippen LogP contribution in [0.5, 0.6) is 0 Å². The van der Waals surface area contributed by atoms with Crippen molar-refractivity contribution in [2.24, 2.45) is 11.8 Å². The first-order chi connectivity index (χ1) is 8.22. The first-order valence-corrected chi connectivity index (χ1v) is 7.09. The van der Waals surface area contributed by atoms with E-state index in [2.05, 4.69) is 18.7 Å². The van der Waals surface area contributed by atoms with Gasteiger partial charge in [0.1, 0.15) is 0 Å². The van der Waals surface area contributed by atoms with E-state index in [1.165, 1.54) is 6.42 Å². The molecule has 1 fully saturated rings. The highest BCUT2D eigenvalue weighted by molar-refractivity contribution is 5.78. The summed E-state index contributed by atoms with van der Waals surface area (Å²) in [7, 11) is 0. The summed E-state index contributed by atoms with van der Waals surface area (Å²) in [5.74, 6) is 1.12. The molecule has 1 aliphatic heterocycles. The molecule has 0 saturated carbocycles. The molecule has 100 valence electrons. The molecule has 1 heterocycles. The Balaban J connectivity index is 2.45. The molecule has 1 unspecified atom stereocenters. The molecular formula is C14H27NO2. The first-order valence-electron chi connectivity index (χ1n) is 7.09. The van der Waals surface area contributed by atoms with Crippen LogP contribution in [0.1, 0.15) is 46.5 Å².